The van der Waals surface area contributed by atoms with Crippen molar-refractivity contribution in [2.75, 3.05) is 6.54 Å². The van der Waals surface area contributed by atoms with Crippen LogP contribution in [0.3, 0.4) is 0 Å². The Morgan fingerprint density at radius 2 is 2.19 bits per heavy atom. The summed E-state index contributed by atoms with van der Waals surface area (Å²) in [6.45, 7) is 2.23. The second kappa shape index (κ2) is 5.12. The molecule has 3 rings (SSSR count). The van der Waals surface area contributed by atoms with E-state index in [1.54, 1.807) is 6.92 Å². The number of nitrogens with zero attached hydrogens (tertiary/aromatic N) is 2. The minimum atomic E-state index is -3.60. The molecule has 1 aliphatic rings. The van der Waals surface area contributed by atoms with E-state index in [4.69, 9.17) is 0 Å². The highest BCUT2D eigenvalue weighted by Gasteiger charge is 2.37. The summed E-state index contributed by atoms with van der Waals surface area (Å²) >= 11 is 0. The Morgan fingerprint density at radius 1 is 1.38 bits per heavy atom. The zero-order valence-corrected chi connectivity index (χ0v) is 12.4. The molecule has 1 unspecified atom stereocenters. The van der Waals surface area contributed by atoms with Crippen molar-refractivity contribution in [1.82, 2.24) is 19.5 Å². The third kappa shape index (κ3) is 2.52. The molecule has 0 aliphatic carbocycles. The molecule has 1 atom stereocenters. The molecule has 21 heavy (non-hydrogen) atoms. The number of hydrogen-bond acceptors (Lipinski definition) is 4. The summed E-state index contributed by atoms with van der Waals surface area (Å²) in [5.41, 5.74) is 1.25. The second-order valence-electron chi connectivity index (χ2n) is 5.16. The lowest BCUT2D eigenvalue weighted by molar-refractivity contribution is 0.390. The predicted molar refractivity (Wildman–Crippen MR) is 76.3 cm³/mol. The largest absolute Gasteiger partial charge is 0.361 e. The van der Waals surface area contributed by atoms with Crippen molar-refractivity contribution in [3.05, 3.63) is 46.1 Å². The van der Waals surface area contributed by atoms with E-state index in [9.17, 15) is 13.2 Å². The average molecular weight is 308 g/mol. The summed E-state index contributed by atoms with van der Waals surface area (Å²) in [6.07, 6.45) is 4.11. The van der Waals surface area contributed by atoms with Gasteiger partial charge < -0.3 is 4.98 Å². The van der Waals surface area contributed by atoms with E-state index >= 15 is 0 Å². The summed E-state index contributed by atoms with van der Waals surface area (Å²) in [5, 5.41) is 6.22. The van der Waals surface area contributed by atoms with Crippen LogP contribution in [0.25, 0.3) is 0 Å². The minimum Gasteiger partial charge on any atom is -0.361 e. The molecule has 0 spiro atoms. The van der Waals surface area contributed by atoms with Crippen LogP contribution in [-0.2, 0) is 10.0 Å². The van der Waals surface area contributed by atoms with Crippen LogP contribution in [0.15, 0.2) is 34.2 Å². The predicted octanol–water partition coefficient (Wildman–Crippen LogP) is 0.932. The van der Waals surface area contributed by atoms with Crippen molar-refractivity contribution >= 4 is 10.0 Å². The Bertz CT molecular complexity index is 795. The van der Waals surface area contributed by atoms with Crippen LogP contribution in [0.5, 0.6) is 0 Å². The quantitative estimate of drug-likeness (QED) is 0.881. The van der Waals surface area contributed by atoms with Crippen LogP contribution in [0.1, 0.15) is 30.3 Å². The number of aromatic nitrogens is 3. The summed E-state index contributed by atoms with van der Waals surface area (Å²) in [7, 11) is -3.60. The Morgan fingerprint density at radius 3 is 2.86 bits per heavy atom. The van der Waals surface area contributed by atoms with Crippen molar-refractivity contribution in [2.24, 2.45) is 0 Å². The first-order valence-electron chi connectivity index (χ1n) is 6.70. The number of aromatic amines is 2. The average Bonchev–Trinajstić information content (AvgIpc) is 3.10. The number of pyridine rings is 1. The Kier molecular flexibility index (Phi) is 3.42. The summed E-state index contributed by atoms with van der Waals surface area (Å²) < 4.78 is 26.7. The Labute approximate surface area is 122 Å². The summed E-state index contributed by atoms with van der Waals surface area (Å²) in [6, 6.07) is 2.63. The molecule has 0 bridgehead atoms. The third-order valence-corrected chi connectivity index (χ3v) is 5.51. The fraction of sp³-hybridized carbons (Fsp3) is 0.385. The zero-order chi connectivity index (χ0) is 15.0. The number of rotatable bonds is 3. The monoisotopic (exact) mass is 308 g/mol. The van der Waals surface area contributed by atoms with Crippen LogP contribution in [-0.4, -0.2) is 34.4 Å². The van der Waals surface area contributed by atoms with Gasteiger partial charge in [0.15, 0.2) is 5.43 Å². The fourth-order valence-electron chi connectivity index (χ4n) is 2.74. The van der Waals surface area contributed by atoms with E-state index in [0.717, 1.165) is 12.1 Å². The summed E-state index contributed by atoms with van der Waals surface area (Å²) in [4.78, 5) is 14.9. The molecule has 1 fully saturated rings. The normalized spacial score (nSPS) is 20.0. The zero-order valence-electron chi connectivity index (χ0n) is 11.5. The van der Waals surface area contributed by atoms with Gasteiger partial charge in [0.05, 0.1) is 12.2 Å². The molecule has 8 heteroatoms. The van der Waals surface area contributed by atoms with Gasteiger partial charge in [-0.15, -0.1) is 0 Å². The van der Waals surface area contributed by atoms with Gasteiger partial charge in [-0.3, -0.25) is 9.89 Å². The van der Waals surface area contributed by atoms with Crippen molar-refractivity contribution in [1.29, 1.82) is 0 Å². The molecular formula is C13H16N4O3S. The van der Waals surface area contributed by atoms with Gasteiger partial charge in [0, 0.05) is 36.3 Å². The van der Waals surface area contributed by atoms with Gasteiger partial charge in [-0.1, -0.05) is 0 Å². The minimum absolute atomic E-state index is 0.117. The fourth-order valence-corrected chi connectivity index (χ4v) is 4.32. The summed E-state index contributed by atoms with van der Waals surface area (Å²) in [5.74, 6) is 0. The molecule has 2 aromatic rings. The van der Waals surface area contributed by atoms with Gasteiger partial charge in [-0.25, -0.2) is 8.42 Å². The van der Waals surface area contributed by atoms with Crippen LogP contribution in [0.2, 0.25) is 0 Å². The first kappa shape index (κ1) is 14.0. The molecule has 1 saturated heterocycles. The Hall–Kier alpha value is -1.93. The smallest absolute Gasteiger partial charge is 0.246 e. The van der Waals surface area contributed by atoms with E-state index in [2.05, 4.69) is 15.2 Å². The molecule has 2 N–H and O–H groups in total. The van der Waals surface area contributed by atoms with Crippen LogP contribution in [0, 0.1) is 6.92 Å². The van der Waals surface area contributed by atoms with Crippen molar-refractivity contribution in [3.63, 3.8) is 0 Å². The number of nitrogens with one attached hydrogen (secondary N) is 2. The van der Waals surface area contributed by atoms with E-state index < -0.39 is 10.0 Å². The maximum Gasteiger partial charge on any atom is 0.246 e. The number of hydrogen-bond donors (Lipinski definition) is 2. The Balaban J connectivity index is 2.02. The second-order valence-corrected chi connectivity index (χ2v) is 7.05. The van der Waals surface area contributed by atoms with Gasteiger partial charge in [-0.2, -0.15) is 9.40 Å². The van der Waals surface area contributed by atoms with Crippen molar-refractivity contribution in [2.45, 2.75) is 30.7 Å². The number of sulfonamides is 1. The van der Waals surface area contributed by atoms with E-state index in [1.807, 2.05) is 0 Å². The lowest BCUT2D eigenvalue weighted by Crippen LogP contribution is -2.31. The SMILES string of the molecule is Cc1cc(=O)cc(C2CCCN2S(=O)(=O)c2cn[nH]c2)[nH]1. The van der Waals surface area contributed by atoms with Gasteiger partial charge in [0.2, 0.25) is 10.0 Å². The molecule has 112 valence electrons. The van der Waals surface area contributed by atoms with Gasteiger partial charge in [-0.05, 0) is 19.8 Å². The first-order valence-corrected chi connectivity index (χ1v) is 8.14. The van der Waals surface area contributed by atoms with Crippen LogP contribution in [0.4, 0.5) is 0 Å². The highest BCUT2D eigenvalue weighted by molar-refractivity contribution is 7.89. The molecule has 0 aromatic carbocycles. The highest BCUT2D eigenvalue weighted by atomic mass is 32.2. The van der Waals surface area contributed by atoms with Gasteiger partial charge in [0.1, 0.15) is 4.90 Å². The molecule has 0 radical (unpaired) electrons. The van der Waals surface area contributed by atoms with E-state index in [-0.39, 0.29) is 16.4 Å². The van der Waals surface area contributed by atoms with Gasteiger partial charge >= 0.3 is 0 Å². The molecule has 3 heterocycles. The maximum absolute atomic E-state index is 12.6. The molecular weight excluding hydrogens is 292 g/mol. The molecule has 2 aromatic heterocycles. The molecule has 1 aliphatic heterocycles. The maximum atomic E-state index is 12.6. The third-order valence-electron chi connectivity index (χ3n) is 3.64. The molecule has 0 saturated carbocycles. The van der Waals surface area contributed by atoms with E-state index in [1.165, 1.54) is 28.8 Å². The molecule has 7 nitrogen and oxygen atoms in total. The first-order chi connectivity index (χ1) is 9.98. The van der Waals surface area contributed by atoms with Gasteiger partial charge in [0.25, 0.3) is 0 Å². The van der Waals surface area contributed by atoms with Crippen LogP contribution >= 0.6 is 0 Å². The lowest BCUT2D eigenvalue weighted by atomic mass is 10.1. The van der Waals surface area contributed by atoms with E-state index in [0.29, 0.717) is 18.7 Å². The number of aryl methyl sites for hydroxylation is 1. The molecule has 0 amide bonds. The highest BCUT2D eigenvalue weighted by Crippen LogP contribution is 2.35. The lowest BCUT2D eigenvalue weighted by Gasteiger charge is -2.23. The van der Waals surface area contributed by atoms with Crippen molar-refractivity contribution in [3.8, 4) is 0 Å². The van der Waals surface area contributed by atoms with Crippen molar-refractivity contribution < 1.29 is 8.42 Å². The number of H-pyrrole nitrogens is 2. The standard InChI is InChI=1S/C13H16N4O3S/c1-9-5-10(18)6-12(16-9)13-3-2-4-17(13)21(19,20)11-7-14-15-8-11/h5-8,13H,2-4H2,1H3,(H,14,15)(H,16,18). The van der Waals surface area contributed by atoms with Crippen LogP contribution < -0.4 is 5.43 Å². The topological polar surface area (TPSA) is 98.9 Å².